The lowest BCUT2D eigenvalue weighted by atomic mass is 10.2. The van der Waals surface area contributed by atoms with Crippen LogP contribution in [0.15, 0.2) is 30.3 Å². The van der Waals surface area contributed by atoms with Crippen molar-refractivity contribution in [1.29, 1.82) is 0 Å². The van der Waals surface area contributed by atoms with Crippen molar-refractivity contribution in [3.8, 4) is 0 Å². The second-order valence-corrected chi connectivity index (χ2v) is 6.73. The maximum atomic E-state index is 11.1. The molecule has 0 N–H and O–H groups in total. The van der Waals surface area contributed by atoms with Crippen molar-refractivity contribution in [3.63, 3.8) is 0 Å². The quantitative estimate of drug-likeness (QED) is 0.421. The first-order valence-electron chi connectivity index (χ1n) is 6.64. The number of rotatable bonds is 7. The van der Waals surface area contributed by atoms with Crippen molar-refractivity contribution in [3.05, 3.63) is 35.9 Å². The topological polar surface area (TPSA) is 72.7 Å². The number of carbonyl (C=O) groups is 1. The van der Waals surface area contributed by atoms with Gasteiger partial charge in [-0.05, 0) is 5.56 Å². The predicted molar refractivity (Wildman–Crippen MR) is 77.0 cm³/mol. The molecule has 3 atom stereocenters. The van der Waals surface area contributed by atoms with Crippen molar-refractivity contribution in [2.45, 2.75) is 25.6 Å². The van der Waals surface area contributed by atoms with Gasteiger partial charge < -0.3 is 4.74 Å². The zero-order chi connectivity index (χ0) is 15.5. The van der Waals surface area contributed by atoms with Gasteiger partial charge in [-0.1, -0.05) is 30.3 Å². The van der Waals surface area contributed by atoms with Crippen LogP contribution >= 0.6 is 0 Å². The lowest BCUT2D eigenvalue weighted by Crippen LogP contribution is -2.14. The first kappa shape index (κ1) is 15.9. The number of ether oxygens (including phenoxy) is 1. The molecule has 0 amide bonds. The van der Waals surface area contributed by atoms with Gasteiger partial charge in [0.05, 0.1) is 24.9 Å². The van der Waals surface area contributed by atoms with Crippen LogP contribution in [0.4, 0.5) is 0 Å². The van der Waals surface area contributed by atoms with E-state index in [4.69, 9.17) is 8.92 Å². The molecule has 0 spiro atoms. The zero-order valence-corrected chi connectivity index (χ0v) is 12.9. The van der Waals surface area contributed by atoms with Crippen LogP contribution in [0.3, 0.4) is 0 Å². The monoisotopic (exact) mass is 313 g/mol. The normalized spacial score (nSPS) is 24.6. The second-order valence-electron chi connectivity index (χ2n) is 5.08. The number of carbonyl (C=O) groups excluding carboxylic acids is 1. The third-order valence-corrected chi connectivity index (χ3v) is 3.89. The smallest absolute Gasteiger partial charge is 0.302 e. The molecule has 6 nitrogen and oxygen atoms in total. The lowest BCUT2D eigenvalue weighted by molar-refractivity contribution is -0.141. The van der Waals surface area contributed by atoms with Crippen LogP contribution in [-0.4, -0.2) is 50.8 Å². The fraction of sp³-hybridized carbons (Fsp3) is 0.500. The lowest BCUT2D eigenvalue weighted by Gasteiger charge is -2.04. The first-order valence-corrected chi connectivity index (χ1v) is 8.46. The molecule has 1 aromatic rings. The Hall–Kier alpha value is -1.44. The highest BCUT2D eigenvalue weighted by atomic mass is 32.2. The van der Waals surface area contributed by atoms with Gasteiger partial charge in [-0.15, -0.1) is 0 Å². The fourth-order valence-electron chi connectivity index (χ4n) is 2.23. The Bertz CT molecular complexity index is 587. The summed E-state index contributed by atoms with van der Waals surface area (Å²) in [5, 5.41) is 0. The van der Waals surface area contributed by atoms with E-state index in [0.717, 1.165) is 11.8 Å². The van der Waals surface area contributed by atoms with Gasteiger partial charge in [0.1, 0.15) is 6.61 Å². The van der Waals surface area contributed by atoms with E-state index in [0.29, 0.717) is 6.54 Å². The molecule has 1 fully saturated rings. The number of hydrogen-bond acceptors (Lipinski definition) is 6. The number of benzene rings is 1. The first-order chi connectivity index (χ1) is 9.87. The van der Waals surface area contributed by atoms with Gasteiger partial charge in [0.25, 0.3) is 10.1 Å². The molecule has 1 aliphatic heterocycles. The van der Waals surface area contributed by atoms with E-state index >= 15 is 0 Å². The van der Waals surface area contributed by atoms with E-state index in [9.17, 15) is 13.2 Å². The van der Waals surface area contributed by atoms with Crippen molar-refractivity contribution < 1.29 is 22.1 Å². The summed E-state index contributed by atoms with van der Waals surface area (Å²) in [6.07, 6.45) is 1.03. The van der Waals surface area contributed by atoms with Gasteiger partial charge in [-0.2, -0.15) is 8.42 Å². The Morgan fingerprint density at radius 1 is 1.19 bits per heavy atom. The number of nitrogens with zero attached hydrogens (tertiary/aromatic N) is 1. The molecule has 1 saturated heterocycles. The third kappa shape index (κ3) is 5.11. The summed E-state index contributed by atoms with van der Waals surface area (Å²) in [7, 11) is -3.46. The summed E-state index contributed by atoms with van der Waals surface area (Å²) in [5.74, 6) is -0.343. The molecule has 116 valence electrons. The van der Waals surface area contributed by atoms with Gasteiger partial charge in [0, 0.05) is 13.5 Å². The second kappa shape index (κ2) is 6.55. The molecule has 0 aromatic heterocycles. The molecule has 1 aromatic carbocycles. The zero-order valence-electron chi connectivity index (χ0n) is 12.1. The maximum Gasteiger partial charge on any atom is 0.302 e. The van der Waals surface area contributed by atoms with Crippen LogP contribution in [-0.2, 0) is 30.4 Å². The highest BCUT2D eigenvalue weighted by Crippen LogP contribution is 2.31. The van der Waals surface area contributed by atoms with Gasteiger partial charge in [-0.3, -0.25) is 13.9 Å². The summed E-state index contributed by atoms with van der Waals surface area (Å²) >= 11 is 0. The molecule has 1 aliphatic rings. The van der Waals surface area contributed by atoms with Crippen LogP contribution in [0.25, 0.3) is 0 Å². The average molecular weight is 313 g/mol. The van der Waals surface area contributed by atoms with E-state index in [1.807, 2.05) is 30.3 Å². The predicted octanol–water partition coefficient (Wildman–Crippen LogP) is 0.779. The van der Waals surface area contributed by atoms with Gasteiger partial charge in [0.15, 0.2) is 0 Å². The molecule has 0 bridgehead atoms. The average Bonchev–Trinajstić information content (AvgIpc) is 3.06. The minimum absolute atomic E-state index is 0.00384. The van der Waals surface area contributed by atoms with Crippen LogP contribution in [0.1, 0.15) is 12.5 Å². The van der Waals surface area contributed by atoms with Crippen molar-refractivity contribution in [1.82, 2.24) is 4.90 Å². The Kier molecular flexibility index (Phi) is 4.97. The summed E-state index contributed by atoms with van der Waals surface area (Å²) in [6, 6.07) is 9.76. The fourth-order valence-corrected chi connectivity index (χ4v) is 2.62. The van der Waals surface area contributed by atoms with Crippen LogP contribution in [0.5, 0.6) is 0 Å². The molecular formula is C14H19NO5S. The van der Waals surface area contributed by atoms with Crippen LogP contribution < -0.4 is 0 Å². The molecule has 1 heterocycles. The van der Waals surface area contributed by atoms with Crippen LogP contribution in [0.2, 0.25) is 0 Å². The molecule has 0 radical (unpaired) electrons. The molecule has 7 heteroatoms. The summed E-state index contributed by atoms with van der Waals surface area (Å²) < 4.78 is 32.0. The molecule has 0 aliphatic carbocycles. The maximum absolute atomic E-state index is 11.1. The van der Waals surface area contributed by atoms with Crippen molar-refractivity contribution >= 4 is 16.1 Å². The molecule has 21 heavy (non-hydrogen) atoms. The standard InChI is InChI=1S/C14H19NO5S/c1-11(16)19-9-13-14(10-20-21(2,17)18)15(13)8-12-6-4-3-5-7-12/h3-7,13-14H,8-10H2,1-2H3/t13-,14+,15?/m0/s1. The van der Waals surface area contributed by atoms with Gasteiger partial charge >= 0.3 is 5.97 Å². The van der Waals surface area contributed by atoms with Crippen LogP contribution in [0, 0.1) is 0 Å². The molecular weight excluding hydrogens is 294 g/mol. The highest BCUT2D eigenvalue weighted by Gasteiger charge is 2.48. The SMILES string of the molecule is CC(=O)OC[C@H]1[C@@H](COS(C)(=O)=O)N1Cc1ccccc1. The summed E-state index contributed by atoms with van der Waals surface area (Å²) in [6.45, 7) is 2.36. The van der Waals surface area contributed by atoms with Gasteiger partial charge in [-0.25, -0.2) is 0 Å². The van der Waals surface area contributed by atoms with Gasteiger partial charge in [0.2, 0.25) is 0 Å². The molecule has 0 saturated carbocycles. The Morgan fingerprint density at radius 3 is 2.38 bits per heavy atom. The Morgan fingerprint density at radius 2 is 1.81 bits per heavy atom. The number of esters is 1. The van der Waals surface area contributed by atoms with Crippen molar-refractivity contribution in [2.75, 3.05) is 19.5 Å². The van der Waals surface area contributed by atoms with Crippen molar-refractivity contribution in [2.24, 2.45) is 0 Å². The molecule has 1 unspecified atom stereocenters. The minimum atomic E-state index is -3.46. The van der Waals surface area contributed by atoms with E-state index in [1.54, 1.807) is 0 Å². The Balaban J connectivity index is 1.93. The van der Waals surface area contributed by atoms with E-state index in [2.05, 4.69) is 4.90 Å². The largest absolute Gasteiger partial charge is 0.464 e. The minimum Gasteiger partial charge on any atom is -0.464 e. The molecule has 2 rings (SSSR count). The van der Waals surface area contributed by atoms with E-state index in [-0.39, 0.29) is 31.3 Å². The van der Waals surface area contributed by atoms with E-state index in [1.165, 1.54) is 6.92 Å². The summed E-state index contributed by atoms with van der Waals surface area (Å²) in [4.78, 5) is 13.0. The Labute approximate surface area is 124 Å². The highest BCUT2D eigenvalue weighted by molar-refractivity contribution is 7.85. The summed E-state index contributed by atoms with van der Waals surface area (Å²) in [5.41, 5.74) is 1.12. The van der Waals surface area contributed by atoms with E-state index < -0.39 is 10.1 Å². The third-order valence-electron chi connectivity index (χ3n) is 3.32. The number of hydrogen-bond donors (Lipinski definition) is 0.